The third kappa shape index (κ3) is 4.68. The number of rotatable bonds is 6. The number of nitrogens with one attached hydrogen (secondary N) is 1. The van der Waals surface area contributed by atoms with Crippen molar-refractivity contribution in [3.05, 3.63) is 18.3 Å². The molecule has 0 aliphatic heterocycles. The van der Waals surface area contributed by atoms with Crippen LogP contribution >= 0.6 is 0 Å². The number of carbonyl (C=O) groups is 1. The predicted octanol–water partition coefficient (Wildman–Crippen LogP) is 0.0941. The second kappa shape index (κ2) is 6.31. The topological polar surface area (TPSA) is 111 Å². The van der Waals surface area contributed by atoms with Crippen molar-refractivity contribution in [1.29, 1.82) is 0 Å². The molecule has 0 atom stereocenters. The summed E-state index contributed by atoms with van der Waals surface area (Å²) < 4.78 is 26.7. The lowest BCUT2D eigenvalue weighted by atomic mass is 10.4. The van der Waals surface area contributed by atoms with Gasteiger partial charge in [-0.25, -0.2) is 18.5 Å². The maximum atomic E-state index is 11.0. The molecule has 0 fully saturated rings. The van der Waals surface area contributed by atoms with Crippen molar-refractivity contribution in [2.24, 2.45) is 5.14 Å². The molecule has 1 heterocycles. The number of nitrogens with zero attached hydrogens (tertiary/aromatic N) is 1. The van der Waals surface area contributed by atoms with Crippen molar-refractivity contribution in [3.63, 3.8) is 0 Å². The van der Waals surface area contributed by atoms with E-state index in [9.17, 15) is 13.2 Å². The molecule has 0 aliphatic carbocycles. The molecule has 1 rings (SSSR count). The van der Waals surface area contributed by atoms with Gasteiger partial charge in [-0.15, -0.1) is 0 Å². The SMILES string of the molecule is CCOC(=O)CCNc1ccc(S(N)(=O)=O)cn1. The third-order valence-corrected chi connectivity index (χ3v) is 2.90. The van der Waals surface area contributed by atoms with Crippen molar-refractivity contribution in [2.75, 3.05) is 18.5 Å². The van der Waals surface area contributed by atoms with E-state index in [1.54, 1.807) is 6.92 Å². The molecule has 3 N–H and O–H groups in total. The summed E-state index contributed by atoms with van der Waals surface area (Å²) in [5.41, 5.74) is 0. The van der Waals surface area contributed by atoms with E-state index in [2.05, 4.69) is 10.3 Å². The number of hydrogen-bond acceptors (Lipinski definition) is 6. The fraction of sp³-hybridized carbons (Fsp3) is 0.400. The van der Waals surface area contributed by atoms with Gasteiger partial charge in [0.25, 0.3) is 0 Å². The van der Waals surface area contributed by atoms with E-state index in [1.807, 2.05) is 0 Å². The molecule has 7 nitrogen and oxygen atoms in total. The Hall–Kier alpha value is -1.67. The van der Waals surface area contributed by atoms with Crippen LogP contribution in [-0.2, 0) is 19.6 Å². The van der Waals surface area contributed by atoms with Gasteiger partial charge < -0.3 is 10.1 Å². The molecule has 0 spiro atoms. The van der Waals surface area contributed by atoms with Crippen molar-refractivity contribution >= 4 is 21.8 Å². The van der Waals surface area contributed by atoms with Crippen molar-refractivity contribution in [2.45, 2.75) is 18.2 Å². The highest BCUT2D eigenvalue weighted by Gasteiger charge is 2.07. The monoisotopic (exact) mass is 273 g/mol. The third-order valence-electron chi connectivity index (χ3n) is 2.01. The van der Waals surface area contributed by atoms with Gasteiger partial charge in [0, 0.05) is 12.7 Å². The maximum Gasteiger partial charge on any atom is 0.307 e. The van der Waals surface area contributed by atoms with E-state index < -0.39 is 10.0 Å². The maximum absolute atomic E-state index is 11.0. The fourth-order valence-electron chi connectivity index (χ4n) is 1.18. The number of primary sulfonamides is 1. The summed E-state index contributed by atoms with van der Waals surface area (Å²) >= 11 is 0. The summed E-state index contributed by atoms with van der Waals surface area (Å²) in [6.07, 6.45) is 1.37. The molecule has 100 valence electrons. The smallest absolute Gasteiger partial charge is 0.307 e. The molecule has 18 heavy (non-hydrogen) atoms. The number of hydrogen-bond donors (Lipinski definition) is 2. The largest absolute Gasteiger partial charge is 0.466 e. The molecule has 0 unspecified atom stereocenters. The average Bonchev–Trinajstić information content (AvgIpc) is 2.29. The average molecular weight is 273 g/mol. The van der Waals surface area contributed by atoms with E-state index in [-0.39, 0.29) is 17.3 Å². The first kappa shape index (κ1) is 14.4. The summed E-state index contributed by atoms with van der Waals surface area (Å²) in [4.78, 5) is 14.8. The zero-order valence-corrected chi connectivity index (χ0v) is 10.7. The number of esters is 1. The molecule has 0 radical (unpaired) electrons. The Labute approximate surface area is 105 Å². The Morgan fingerprint density at radius 1 is 1.50 bits per heavy atom. The van der Waals surface area contributed by atoms with Crippen LogP contribution in [0.5, 0.6) is 0 Å². The first-order valence-electron chi connectivity index (χ1n) is 5.32. The van der Waals surface area contributed by atoms with Crippen LogP contribution in [0.15, 0.2) is 23.2 Å². The van der Waals surface area contributed by atoms with Gasteiger partial charge in [-0.2, -0.15) is 0 Å². The van der Waals surface area contributed by atoms with Crippen LogP contribution < -0.4 is 10.5 Å². The van der Waals surface area contributed by atoms with E-state index >= 15 is 0 Å². The fourth-order valence-corrected chi connectivity index (χ4v) is 1.64. The van der Waals surface area contributed by atoms with Crippen molar-refractivity contribution in [3.8, 4) is 0 Å². The van der Waals surface area contributed by atoms with Crippen LogP contribution in [0.2, 0.25) is 0 Å². The summed E-state index contributed by atoms with van der Waals surface area (Å²) in [5, 5.41) is 7.80. The summed E-state index contributed by atoms with van der Waals surface area (Å²) in [5.74, 6) is 0.165. The number of pyridine rings is 1. The Bertz CT molecular complexity index is 498. The molecule has 0 bridgehead atoms. The Kier molecular flexibility index (Phi) is 5.05. The van der Waals surface area contributed by atoms with Gasteiger partial charge in [0.2, 0.25) is 10.0 Å². The minimum absolute atomic E-state index is 0.0570. The van der Waals surface area contributed by atoms with Crippen LogP contribution in [0.3, 0.4) is 0 Å². The number of carbonyl (C=O) groups excluding carboxylic acids is 1. The van der Waals surface area contributed by atoms with E-state index in [0.29, 0.717) is 19.0 Å². The lowest BCUT2D eigenvalue weighted by Crippen LogP contribution is -2.14. The normalized spacial score (nSPS) is 11.0. The van der Waals surface area contributed by atoms with Gasteiger partial charge in [0.05, 0.1) is 13.0 Å². The minimum Gasteiger partial charge on any atom is -0.466 e. The van der Waals surface area contributed by atoms with Crippen LogP contribution in [-0.4, -0.2) is 32.5 Å². The first-order chi connectivity index (χ1) is 8.43. The van der Waals surface area contributed by atoms with E-state index in [1.165, 1.54) is 12.1 Å². The minimum atomic E-state index is -3.73. The number of anilines is 1. The second-order valence-electron chi connectivity index (χ2n) is 3.41. The van der Waals surface area contributed by atoms with Crippen LogP contribution in [0.1, 0.15) is 13.3 Å². The van der Waals surface area contributed by atoms with Crippen molar-refractivity contribution < 1.29 is 17.9 Å². The molecule has 1 aromatic rings. The Morgan fingerprint density at radius 3 is 2.72 bits per heavy atom. The lowest BCUT2D eigenvalue weighted by molar-refractivity contribution is -0.142. The van der Waals surface area contributed by atoms with Crippen LogP contribution in [0, 0.1) is 0 Å². The highest BCUT2D eigenvalue weighted by Crippen LogP contribution is 2.08. The molecule has 0 saturated carbocycles. The molecule has 0 aliphatic rings. The van der Waals surface area contributed by atoms with Gasteiger partial charge in [-0.3, -0.25) is 4.79 Å². The molecular formula is C10H15N3O4S. The second-order valence-corrected chi connectivity index (χ2v) is 4.97. The standard InChI is InChI=1S/C10H15N3O4S/c1-2-17-10(14)5-6-12-9-4-3-8(7-13-9)18(11,15)16/h3-4,7H,2,5-6H2,1H3,(H,12,13)(H2,11,15,16). The van der Waals surface area contributed by atoms with E-state index in [0.717, 1.165) is 6.20 Å². The molecule has 0 saturated heterocycles. The Morgan fingerprint density at radius 2 is 2.22 bits per heavy atom. The highest BCUT2D eigenvalue weighted by atomic mass is 32.2. The number of aromatic nitrogens is 1. The molecular weight excluding hydrogens is 258 g/mol. The lowest BCUT2D eigenvalue weighted by Gasteiger charge is -2.05. The van der Waals surface area contributed by atoms with Gasteiger partial charge in [-0.05, 0) is 19.1 Å². The quantitative estimate of drug-likeness (QED) is 0.711. The number of sulfonamides is 1. The molecule has 0 amide bonds. The summed E-state index contributed by atoms with van der Waals surface area (Å²) in [6.45, 7) is 2.44. The highest BCUT2D eigenvalue weighted by molar-refractivity contribution is 7.89. The first-order valence-corrected chi connectivity index (χ1v) is 6.86. The molecule has 1 aromatic heterocycles. The van der Waals surface area contributed by atoms with Crippen molar-refractivity contribution in [1.82, 2.24) is 4.98 Å². The van der Waals surface area contributed by atoms with E-state index in [4.69, 9.17) is 9.88 Å². The Balaban J connectivity index is 2.47. The molecule has 8 heteroatoms. The zero-order chi connectivity index (χ0) is 13.6. The summed E-state index contributed by atoms with van der Waals surface area (Å²) in [6, 6.07) is 2.82. The number of nitrogens with two attached hydrogens (primary N) is 1. The zero-order valence-electron chi connectivity index (χ0n) is 9.92. The van der Waals surface area contributed by atoms with Crippen LogP contribution in [0.25, 0.3) is 0 Å². The van der Waals surface area contributed by atoms with Gasteiger partial charge in [0.1, 0.15) is 10.7 Å². The van der Waals surface area contributed by atoms with Gasteiger partial charge in [-0.1, -0.05) is 0 Å². The van der Waals surface area contributed by atoms with Gasteiger partial charge >= 0.3 is 5.97 Å². The predicted molar refractivity (Wildman–Crippen MR) is 65.3 cm³/mol. The van der Waals surface area contributed by atoms with Crippen LogP contribution in [0.4, 0.5) is 5.82 Å². The summed E-state index contributed by atoms with van der Waals surface area (Å²) in [7, 11) is -3.73. The number of ether oxygens (including phenoxy) is 1. The molecule has 0 aromatic carbocycles. The van der Waals surface area contributed by atoms with Gasteiger partial charge in [0.15, 0.2) is 0 Å².